The lowest BCUT2D eigenvalue weighted by atomic mass is 9.88. The van der Waals surface area contributed by atoms with Gasteiger partial charge in [0, 0.05) is 18.0 Å². The first-order valence-electron chi connectivity index (χ1n) is 7.01. The van der Waals surface area contributed by atoms with E-state index < -0.39 is 5.41 Å². The van der Waals surface area contributed by atoms with Crippen LogP contribution in [-0.2, 0) is 4.79 Å². The standard InChI is InChI=1S/C16H25N3O2/c1-6-9-16(2,3)15(20)18-13-7-8-14(17-12-13)21-11-10-19(4)5/h6-8,12H,1,9-11H2,2-5H3,(H,18,20). The Kier molecular flexibility index (Phi) is 6.37. The third kappa shape index (κ3) is 5.95. The monoisotopic (exact) mass is 291 g/mol. The molecule has 0 saturated carbocycles. The summed E-state index contributed by atoms with van der Waals surface area (Å²) >= 11 is 0. The lowest BCUT2D eigenvalue weighted by Gasteiger charge is -2.21. The molecule has 5 heteroatoms. The Morgan fingerprint density at radius 3 is 2.71 bits per heavy atom. The smallest absolute Gasteiger partial charge is 0.230 e. The van der Waals surface area contributed by atoms with Crippen LogP contribution in [0, 0.1) is 5.41 Å². The zero-order valence-corrected chi connectivity index (χ0v) is 13.3. The molecule has 0 spiro atoms. The van der Waals surface area contributed by atoms with Gasteiger partial charge >= 0.3 is 0 Å². The summed E-state index contributed by atoms with van der Waals surface area (Å²) in [5, 5.41) is 2.86. The number of amides is 1. The molecule has 116 valence electrons. The fraction of sp³-hybridized carbons (Fsp3) is 0.500. The van der Waals surface area contributed by atoms with Crippen LogP contribution < -0.4 is 10.1 Å². The van der Waals surface area contributed by atoms with Gasteiger partial charge in [0.1, 0.15) is 6.61 Å². The first-order valence-corrected chi connectivity index (χ1v) is 7.01. The van der Waals surface area contributed by atoms with Crippen molar-refractivity contribution in [3.05, 3.63) is 31.0 Å². The van der Waals surface area contributed by atoms with Crippen molar-refractivity contribution in [3.8, 4) is 5.88 Å². The number of allylic oxidation sites excluding steroid dienone is 1. The first-order chi connectivity index (χ1) is 9.85. The third-order valence-corrected chi connectivity index (χ3v) is 3.05. The van der Waals surface area contributed by atoms with Crippen molar-refractivity contribution in [2.75, 3.05) is 32.6 Å². The summed E-state index contributed by atoms with van der Waals surface area (Å²) in [6.45, 7) is 8.86. The minimum Gasteiger partial charge on any atom is -0.476 e. The van der Waals surface area contributed by atoms with E-state index in [1.807, 2.05) is 32.8 Å². The number of rotatable bonds is 8. The molecule has 1 heterocycles. The summed E-state index contributed by atoms with van der Waals surface area (Å²) in [4.78, 5) is 18.4. The van der Waals surface area contributed by atoms with Crippen LogP contribution in [0.15, 0.2) is 31.0 Å². The minimum absolute atomic E-state index is 0.0505. The van der Waals surface area contributed by atoms with E-state index in [2.05, 4.69) is 16.9 Å². The molecule has 0 atom stereocenters. The van der Waals surface area contributed by atoms with E-state index in [4.69, 9.17) is 4.74 Å². The van der Waals surface area contributed by atoms with Gasteiger partial charge in [-0.25, -0.2) is 4.98 Å². The zero-order chi connectivity index (χ0) is 15.9. The van der Waals surface area contributed by atoms with E-state index in [-0.39, 0.29) is 5.91 Å². The molecule has 0 aromatic carbocycles. The molecule has 0 aliphatic heterocycles. The quantitative estimate of drug-likeness (QED) is 0.748. The summed E-state index contributed by atoms with van der Waals surface area (Å²) in [7, 11) is 3.97. The number of anilines is 1. The van der Waals surface area contributed by atoms with Gasteiger partial charge in [0.15, 0.2) is 0 Å². The van der Waals surface area contributed by atoms with Crippen LogP contribution in [0.1, 0.15) is 20.3 Å². The van der Waals surface area contributed by atoms with Crippen molar-refractivity contribution >= 4 is 11.6 Å². The van der Waals surface area contributed by atoms with Crippen LogP contribution in [0.3, 0.4) is 0 Å². The highest BCUT2D eigenvalue weighted by Crippen LogP contribution is 2.23. The molecule has 1 aromatic heterocycles. The maximum absolute atomic E-state index is 12.1. The largest absolute Gasteiger partial charge is 0.476 e. The van der Waals surface area contributed by atoms with Crippen molar-refractivity contribution < 1.29 is 9.53 Å². The lowest BCUT2D eigenvalue weighted by Crippen LogP contribution is -2.30. The molecule has 0 bridgehead atoms. The molecule has 1 rings (SSSR count). The average Bonchev–Trinajstić information content (AvgIpc) is 2.40. The van der Waals surface area contributed by atoms with Gasteiger partial charge in [-0.2, -0.15) is 0 Å². The topological polar surface area (TPSA) is 54.5 Å². The minimum atomic E-state index is -0.483. The Labute approximate surface area is 127 Å². The van der Waals surface area contributed by atoms with Gasteiger partial charge < -0.3 is 15.0 Å². The summed E-state index contributed by atoms with van der Waals surface area (Å²) in [6, 6.07) is 3.55. The van der Waals surface area contributed by atoms with E-state index in [1.165, 1.54) is 0 Å². The molecule has 1 aromatic rings. The van der Waals surface area contributed by atoms with Gasteiger partial charge in [-0.1, -0.05) is 19.9 Å². The van der Waals surface area contributed by atoms with Crippen LogP contribution in [0.2, 0.25) is 0 Å². The summed E-state index contributed by atoms with van der Waals surface area (Å²) < 4.78 is 5.50. The van der Waals surface area contributed by atoms with E-state index in [1.54, 1.807) is 24.4 Å². The van der Waals surface area contributed by atoms with Crippen LogP contribution in [-0.4, -0.2) is 43.0 Å². The van der Waals surface area contributed by atoms with Crippen molar-refractivity contribution in [1.29, 1.82) is 0 Å². The Bertz CT molecular complexity index is 467. The van der Waals surface area contributed by atoms with Crippen molar-refractivity contribution in [3.63, 3.8) is 0 Å². The first kappa shape index (κ1) is 17.2. The number of likely N-dealkylation sites (N-methyl/N-ethyl adjacent to an activating group) is 1. The van der Waals surface area contributed by atoms with E-state index in [0.717, 1.165) is 6.54 Å². The Morgan fingerprint density at radius 2 is 2.19 bits per heavy atom. The second kappa shape index (κ2) is 7.78. The van der Waals surface area contributed by atoms with Crippen molar-refractivity contribution in [1.82, 2.24) is 9.88 Å². The number of hydrogen-bond acceptors (Lipinski definition) is 4. The van der Waals surface area contributed by atoms with Crippen LogP contribution in [0.4, 0.5) is 5.69 Å². The summed E-state index contributed by atoms with van der Waals surface area (Å²) in [6.07, 6.45) is 3.98. The molecule has 0 aliphatic rings. The van der Waals surface area contributed by atoms with Gasteiger partial charge in [-0.15, -0.1) is 6.58 Å². The highest BCUT2D eigenvalue weighted by atomic mass is 16.5. The van der Waals surface area contributed by atoms with Crippen LogP contribution in [0.5, 0.6) is 5.88 Å². The molecular formula is C16H25N3O2. The maximum Gasteiger partial charge on any atom is 0.230 e. The molecule has 0 saturated heterocycles. The Hall–Kier alpha value is -1.88. The fourth-order valence-electron chi connectivity index (χ4n) is 1.63. The Morgan fingerprint density at radius 1 is 1.48 bits per heavy atom. The number of ether oxygens (including phenoxy) is 1. The van der Waals surface area contributed by atoms with Crippen molar-refractivity contribution in [2.24, 2.45) is 5.41 Å². The number of aromatic nitrogens is 1. The molecule has 21 heavy (non-hydrogen) atoms. The average molecular weight is 291 g/mol. The zero-order valence-electron chi connectivity index (χ0n) is 13.3. The number of carbonyl (C=O) groups excluding carboxylic acids is 1. The number of nitrogens with zero attached hydrogens (tertiary/aromatic N) is 2. The SMILES string of the molecule is C=CCC(C)(C)C(=O)Nc1ccc(OCCN(C)C)nc1. The molecule has 1 N–H and O–H groups in total. The molecule has 0 unspecified atom stereocenters. The normalized spacial score (nSPS) is 11.3. The molecule has 0 fully saturated rings. The van der Waals surface area contributed by atoms with Gasteiger partial charge in [0.05, 0.1) is 11.9 Å². The van der Waals surface area contributed by atoms with Crippen molar-refractivity contribution in [2.45, 2.75) is 20.3 Å². The number of carbonyl (C=O) groups is 1. The molecule has 0 radical (unpaired) electrons. The highest BCUT2D eigenvalue weighted by Gasteiger charge is 2.25. The van der Waals surface area contributed by atoms with Gasteiger partial charge in [-0.05, 0) is 26.6 Å². The third-order valence-electron chi connectivity index (χ3n) is 3.05. The number of nitrogens with one attached hydrogen (secondary N) is 1. The molecule has 0 aliphatic carbocycles. The lowest BCUT2D eigenvalue weighted by molar-refractivity contribution is -0.123. The van der Waals surface area contributed by atoms with Crippen LogP contribution >= 0.6 is 0 Å². The number of hydrogen-bond donors (Lipinski definition) is 1. The fourth-order valence-corrected chi connectivity index (χ4v) is 1.63. The maximum atomic E-state index is 12.1. The predicted octanol–water partition coefficient (Wildman–Crippen LogP) is 2.56. The molecule has 1 amide bonds. The van der Waals surface area contributed by atoms with E-state index >= 15 is 0 Å². The van der Waals surface area contributed by atoms with Crippen LogP contribution in [0.25, 0.3) is 0 Å². The summed E-state index contributed by atoms with van der Waals surface area (Å²) in [5.41, 5.74) is 0.180. The second-order valence-electron chi connectivity index (χ2n) is 5.87. The van der Waals surface area contributed by atoms with E-state index in [9.17, 15) is 4.79 Å². The van der Waals surface area contributed by atoms with E-state index in [0.29, 0.717) is 24.6 Å². The number of pyridine rings is 1. The van der Waals surface area contributed by atoms with Gasteiger partial charge in [0.25, 0.3) is 0 Å². The molecular weight excluding hydrogens is 266 g/mol. The predicted molar refractivity (Wildman–Crippen MR) is 85.5 cm³/mol. The van der Waals surface area contributed by atoms with Gasteiger partial charge in [-0.3, -0.25) is 4.79 Å². The van der Waals surface area contributed by atoms with Gasteiger partial charge in [0.2, 0.25) is 11.8 Å². The second-order valence-corrected chi connectivity index (χ2v) is 5.87. The Balaban J connectivity index is 2.54. The summed E-state index contributed by atoms with van der Waals surface area (Å²) in [5.74, 6) is 0.505. The molecule has 5 nitrogen and oxygen atoms in total. The highest BCUT2D eigenvalue weighted by molar-refractivity contribution is 5.94.